The Bertz CT molecular complexity index is 197. The molecule has 2 N–H and O–H groups in total. The molecular weight excluding hydrogens is 162 g/mol. The van der Waals surface area contributed by atoms with E-state index in [-0.39, 0.29) is 0 Å². The van der Waals surface area contributed by atoms with Crippen LogP contribution in [0.25, 0.3) is 0 Å². The summed E-state index contributed by atoms with van der Waals surface area (Å²) in [5.41, 5.74) is 0. The number of benzene rings is 1. The van der Waals surface area contributed by atoms with Crippen molar-refractivity contribution in [2.75, 3.05) is 13.6 Å². The van der Waals surface area contributed by atoms with Crippen LogP contribution in [0.2, 0.25) is 0 Å². The molecule has 0 aliphatic rings. The molecule has 0 unspecified atom stereocenters. The highest BCUT2D eigenvalue weighted by Crippen LogP contribution is 2.02. The fourth-order valence-corrected chi connectivity index (χ4v) is 0.836. The zero-order valence-corrected chi connectivity index (χ0v) is 8.62. The molecule has 2 nitrogen and oxygen atoms in total. The van der Waals surface area contributed by atoms with Crippen molar-refractivity contribution in [3.05, 3.63) is 30.3 Å². The minimum atomic E-state index is 0.322. The number of hydrogen-bond donors (Lipinski definition) is 2. The van der Waals surface area contributed by atoms with E-state index in [1.807, 2.05) is 13.1 Å². The first-order valence-electron chi connectivity index (χ1n) is 4.55. The van der Waals surface area contributed by atoms with Crippen molar-refractivity contribution >= 4 is 0 Å². The van der Waals surface area contributed by atoms with Crippen LogP contribution in [0.4, 0.5) is 0 Å². The molecule has 0 aliphatic heterocycles. The lowest BCUT2D eigenvalue weighted by Gasteiger charge is -1.98. The second-order valence-corrected chi connectivity index (χ2v) is 3.29. The van der Waals surface area contributed by atoms with E-state index in [1.54, 1.807) is 24.3 Å². The highest BCUT2D eigenvalue weighted by molar-refractivity contribution is 5.18. The first kappa shape index (κ1) is 12.0. The Balaban J connectivity index is 0.000000226. The first-order valence-corrected chi connectivity index (χ1v) is 4.55. The molecule has 0 heterocycles. The standard InChI is InChI=1S/C6H6O.C5H13N/c7-6-4-2-1-3-5-6;1-5(2)4-6-3/h1-5,7H;5-6H,4H2,1-3H3. The van der Waals surface area contributed by atoms with Crippen molar-refractivity contribution in [1.29, 1.82) is 0 Å². The highest BCUT2D eigenvalue weighted by atomic mass is 16.3. The van der Waals surface area contributed by atoms with Crippen LogP contribution in [0.3, 0.4) is 0 Å². The molecule has 2 heteroatoms. The van der Waals surface area contributed by atoms with Gasteiger partial charge >= 0.3 is 0 Å². The summed E-state index contributed by atoms with van der Waals surface area (Å²) in [5, 5.41) is 11.7. The summed E-state index contributed by atoms with van der Waals surface area (Å²) >= 11 is 0. The highest BCUT2D eigenvalue weighted by Gasteiger charge is 1.84. The number of rotatable bonds is 2. The van der Waals surface area contributed by atoms with E-state index in [4.69, 9.17) is 5.11 Å². The van der Waals surface area contributed by atoms with Crippen LogP contribution in [-0.4, -0.2) is 18.7 Å². The summed E-state index contributed by atoms with van der Waals surface area (Å²) in [4.78, 5) is 0. The molecule has 1 aromatic carbocycles. The molecule has 0 saturated carbocycles. The Kier molecular flexibility index (Phi) is 7.02. The third kappa shape index (κ3) is 8.89. The predicted octanol–water partition coefficient (Wildman–Crippen LogP) is 2.25. The number of nitrogens with one attached hydrogen (secondary N) is 1. The molecule has 0 radical (unpaired) electrons. The van der Waals surface area contributed by atoms with Gasteiger partial charge in [-0.2, -0.15) is 0 Å². The number of phenols is 1. The average molecular weight is 181 g/mol. The molecule has 0 amide bonds. The summed E-state index contributed by atoms with van der Waals surface area (Å²) < 4.78 is 0. The molecule has 0 bridgehead atoms. The zero-order valence-electron chi connectivity index (χ0n) is 8.62. The van der Waals surface area contributed by atoms with Gasteiger partial charge in [-0.05, 0) is 31.6 Å². The van der Waals surface area contributed by atoms with Crippen LogP contribution in [0, 0.1) is 5.92 Å². The monoisotopic (exact) mass is 181 g/mol. The Hall–Kier alpha value is -1.02. The lowest BCUT2D eigenvalue weighted by atomic mass is 10.2. The van der Waals surface area contributed by atoms with E-state index >= 15 is 0 Å². The maximum absolute atomic E-state index is 8.63. The van der Waals surface area contributed by atoms with Crippen molar-refractivity contribution in [2.45, 2.75) is 13.8 Å². The Morgan fingerprint density at radius 3 is 1.92 bits per heavy atom. The van der Waals surface area contributed by atoms with Gasteiger partial charge < -0.3 is 10.4 Å². The SMILES string of the molecule is CNCC(C)C.Oc1ccccc1. The summed E-state index contributed by atoms with van der Waals surface area (Å²) in [7, 11) is 1.97. The van der Waals surface area contributed by atoms with Crippen molar-refractivity contribution in [1.82, 2.24) is 5.32 Å². The second-order valence-electron chi connectivity index (χ2n) is 3.29. The van der Waals surface area contributed by atoms with E-state index in [0.717, 1.165) is 12.5 Å². The molecule has 0 aromatic heterocycles. The molecule has 0 aliphatic carbocycles. The summed E-state index contributed by atoms with van der Waals surface area (Å²) in [6.07, 6.45) is 0. The fraction of sp³-hybridized carbons (Fsp3) is 0.455. The van der Waals surface area contributed by atoms with Gasteiger partial charge in [0.05, 0.1) is 0 Å². The maximum atomic E-state index is 8.63. The maximum Gasteiger partial charge on any atom is 0.115 e. The van der Waals surface area contributed by atoms with Crippen molar-refractivity contribution in [3.8, 4) is 5.75 Å². The Labute approximate surface area is 80.6 Å². The predicted molar refractivity (Wildman–Crippen MR) is 56.9 cm³/mol. The third-order valence-corrected chi connectivity index (χ3v) is 1.37. The molecular formula is C11H19NO. The molecule has 74 valence electrons. The Morgan fingerprint density at radius 1 is 1.23 bits per heavy atom. The normalized spacial score (nSPS) is 9.23. The Morgan fingerprint density at radius 2 is 1.77 bits per heavy atom. The van der Waals surface area contributed by atoms with Gasteiger partial charge in [0, 0.05) is 0 Å². The van der Waals surface area contributed by atoms with Gasteiger partial charge in [-0.15, -0.1) is 0 Å². The summed E-state index contributed by atoms with van der Waals surface area (Å²) in [6.45, 7) is 5.51. The third-order valence-electron chi connectivity index (χ3n) is 1.37. The van der Waals surface area contributed by atoms with Crippen molar-refractivity contribution in [2.24, 2.45) is 5.92 Å². The molecule has 0 atom stereocenters. The molecule has 0 saturated heterocycles. The van der Waals surface area contributed by atoms with Crippen LogP contribution >= 0.6 is 0 Å². The molecule has 1 rings (SSSR count). The molecule has 1 aromatic rings. The fourth-order valence-electron chi connectivity index (χ4n) is 0.836. The van der Waals surface area contributed by atoms with Gasteiger partial charge in [-0.1, -0.05) is 32.0 Å². The second kappa shape index (κ2) is 7.62. The van der Waals surface area contributed by atoms with Gasteiger partial charge in [0.25, 0.3) is 0 Å². The quantitative estimate of drug-likeness (QED) is 0.733. The van der Waals surface area contributed by atoms with Crippen LogP contribution in [0.5, 0.6) is 5.75 Å². The lowest BCUT2D eigenvalue weighted by molar-refractivity contribution is 0.475. The van der Waals surface area contributed by atoms with E-state index < -0.39 is 0 Å². The lowest BCUT2D eigenvalue weighted by Crippen LogP contribution is -2.12. The van der Waals surface area contributed by atoms with E-state index in [0.29, 0.717) is 5.75 Å². The topological polar surface area (TPSA) is 32.3 Å². The van der Waals surface area contributed by atoms with Gasteiger partial charge in [0.15, 0.2) is 0 Å². The molecule has 0 fully saturated rings. The average Bonchev–Trinajstić information content (AvgIpc) is 2.06. The van der Waals surface area contributed by atoms with Crippen LogP contribution in [0.1, 0.15) is 13.8 Å². The van der Waals surface area contributed by atoms with Gasteiger partial charge in [-0.3, -0.25) is 0 Å². The van der Waals surface area contributed by atoms with Crippen molar-refractivity contribution < 1.29 is 5.11 Å². The van der Waals surface area contributed by atoms with Gasteiger partial charge in [0.2, 0.25) is 0 Å². The summed E-state index contributed by atoms with van der Waals surface area (Å²) in [6, 6.07) is 8.71. The molecule has 0 spiro atoms. The van der Waals surface area contributed by atoms with Gasteiger partial charge in [-0.25, -0.2) is 0 Å². The summed E-state index contributed by atoms with van der Waals surface area (Å²) in [5.74, 6) is 1.11. The minimum absolute atomic E-state index is 0.322. The van der Waals surface area contributed by atoms with Crippen LogP contribution < -0.4 is 5.32 Å². The number of hydrogen-bond acceptors (Lipinski definition) is 2. The van der Waals surface area contributed by atoms with E-state index in [9.17, 15) is 0 Å². The number of phenolic OH excluding ortho intramolecular Hbond substituents is 1. The van der Waals surface area contributed by atoms with Gasteiger partial charge in [0.1, 0.15) is 5.75 Å². The first-order chi connectivity index (χ1) is 6.16. The molecule has 13 heavy (non-hydrogen) atoms. The van der Waals surface area contributed by atoms with Crippen LogP contribution in [0.15, 0.2) is 30.3 Å². The van der Waals surface area contributed by atoms with Crippen molar-refractivity contribution in [3.63, 3.8) is 0 Å². The van der Waals surface area contributed by atoms with E-state index in [2.05, 4.69) is 19.2 Å². The zero-order chi connectivity index (χ0) is 10.1. The van der Waals surface area contributed by atoms with E-state index in [1.165, 1.54) is 0 Å². The number of para-hydroxylation sites is 1. The van der Waals surface area contributed by atoms with Crippen LogP contribution in [-0.2, 0) is 0 Å². The largest absolute Gasteiger partial charge is 0.508 e. The number of aromatic hydroxyl groups is 1. The minimum Gasteiger partial charge on any atom is -0.508 e. The smallest absolute Gasteiger partial charge is 0.115 e.